The quantitative estimate of drug-likeness (QED) is 0.491. The van der Waals surface area contributed by atoms with E-state index in [1.165, 1.54) is 15.9 Å². The van der Waals surface area contributed by atoms with Crippen molar-refractivity contribution in [1.29, 1.82) is 0 Å². The first kappa shape index (κ1) is 19.6. The number of benzene rings is 1. The van der Waals surface area contributed by atoms with Gasteiger partial charge in [0.05, 0.1) is 19.2 Å². The van der Waals surface area contributed by atoms with Crippen LogP contribution in [0.2, 0.25) is 0 Å². The van der Waals surface area contributed by atoms with Gasteiger partial charge in [0.1, 0.15) is 17.0 Å². The van der Waals surface area contributed by atoms with Gasteiger partial charge in [-0.25, -0.2) is 4.79 Å². The Morgan fingerprint density at radius 2 is 2.07 bits per heavy atom. The fourth-order valence-corrected chi connectivity index (χ4v) is 4.03. The lowest BCUT2D eigenvalue weighted by molar-refractivity contribution is -0.116. The molecule has 0 saturated heterocycles. The lowest BCUT2D eigenvalue weighted by Gasteiger charge is -2.12. The van der Waals surface area contributed by atoms with E-state index in [1.54, 1.807) is 42.8 Å². The van der Waals surface area contributed by atoms with Crippen molar-refractivity contribution in [2.75, 3.05) is 12.4 Å². The molecule has 0 saturated carbocycles. The number of rotatable bonds is 6. The van der Waals surface area contributed by atoms with E-state index in [0.29, 0.717) is 21.8 Å². The van der Waals surface area contributed by atoms with Crippen LogP contribution in [0.25, 0.3) is 10.2 Å². The second-order valence-electron chi connectivity index (χ2n) is 6.73. The Kier molecular flexibility index (Phi) is 5.23. The summed E-state index contributed by atoms with van der Waals surface area (Å²) >= 11 is 1.24. The van der Waals surface area contributed by atoms with Crippen molar-refractivity contribution >= 4 is 33.3 Å². The van der Waals surface area contributed by atoms with Gasteiger partial charge in [0, 0.05) is 11.8 Å². The summed E-state index contributed by atoms with van der Waals surface area (Å²) in [6.45, 7) is 1.65. The Balaban J connectivity index is 1.72. The predicted octanol–water partition coefficient (Wildman–Crippen LogP) is 1.95. The van der Waals surface area contributed by atoms with Crippen LogP contribution in [0.4, 0.5) is 5.82 Å². The second-order valence-corrected chi connectivity index (χ2v) is 7.65. The van der Waals surface area contributed by atoms with E-state index in [9.17, 15) is 14.4 Å². The van der Waals surface area contributed by atoms with Crippen LogP contribution >= 0.6 is 11.3 Å². The number of hydrogen-bond acceptors (Lipinski definition) is 6. The number of nitrogens with one attached hydrogen (secondary N) is 2. The Labute approximate surface area is 174 Å². The second kappa shape index (κ2) is 7.99. The minimum Gasteiger partial charge on any atom is -0.497 e. The maximum Gasteiger partial charge on any atom is 0.332 e. The number of anilines is 1. The predicted molar refractivity (Wildman–Crippen MR) is 114 cm³/mol. The van der Waals surface area contributed by atoms with Crippen molar-refractivity contribution in [3.8, 4) is 5.75 Å². The number of nitrogens with zero attached hydrogens (tertiary/aromatic N) is 3. The molecule has 9 nitrogen and oxygen atoms in total. The lowest BCUT2D eigenvalue weighted by Crippen LogP contribution is -2.41. The standard InChI is InChI=1S/C20H19N5O4S/c1-12-8-16(23-22-12)21-17(26)11-24-15-6-7-30-18(15)19(27)25(20(24)28)10-13-4-3-5-14(9-13)29-2/h3-9H,10-11H2,1-2H3,(H2,21,22,23,26). The maximum absolute atomic E-state index is 13.2. The molecule has 30 heavy (non-hydrogen) atoms. The molecular weight excluding hydrogens is 406 g/mol. The number of fused-ring (bicyclic) bond motifs is 1. The van der Waals surface area contributed by atoms with Gasteiger partial charge in [-0.2, -0.15) is 5.10 Å². The first-order valence-corrected chi connectivity index (χ1v) is 10.00. The van der Waals surface area contributed by atoms with E-state index >= 15 is 0 Å². The van der Waals surface area contributed by atoms with Gasteiger partial charge < -0.3 is 10.1 Å². The Morgan fingerprint density at radius 1 is 1.23 bits per heavy atom. The number of methoxy groups -OCH3 is 1. The van der Waals surface area contributed by atoms with Crippen LogP contribution in [-0.4, -0.2) is 32.3 Å². The van der Waals surface area contributed by atoms with E-state index in [0.717, 1.165) is 15.8 Å². The summed E-state index contributed by atoms with van der Waals surface area (Å²) in [4.78, 5) is 38.6. The van der Waals surface area contributed by atoms with Gasteiger partial charge >= 0.3 is 5.69 Å². The van der Waals surface area contributed by atoms with E-state index in [2.05, 4.69) is 15.5 Å². The molecule has 4 rings (SSSR count). The highest BCUT2D eigenvalue weighted by molar-refractivity contribution is 7.17. The van der Waals surface area contributed by atoms with Crippen LogP contribution < -0.4 is 21.3 Å². The number of ether oxygens (including phenoxy) is 1. The van der Waals surface area contributed by atoms with Crippen LogP contribution in [-0.2, 0) is 17.9 Å². The summed E-state index contributed by atoms with van der Waals surface area (Å²) in [5.41, 5.74) is 1.04. The van der Waals surface area contributed by atoms with Gasteiger partial charge in [-0.3, -0.25) is 23.8 Å². The third-order valence-corrected chi connectivity index (χ3v) is 5.48. The van der Waals surface area contributed by atoms with Crippen LogP contribution in [0.3, 0.4) is 0 Å². The summed E-state index contributed by atoms with van der Waals surface area (Å²) in [5.74, 6) is 0.589. The molecule has 0 fully saturated rings. The number of thiophene rings is 1. The van der Waals surface area contributed by atoms with Crippen molar-refractivity contribution in [2.24, 2.45) is 0 Å². The molecular formula is C20H19N5O4S. The molecule has 0 bridgehead atoms. The molecule has 2 N–H and O–H groups in total. The van der Waals surface area contributed by atoms with Crippen molar-refractivity contribution in [2.45, 2.75) is 20.0 Å². The Morgan fingerprint density at radius 3 is 2.80 bits per heavy atom. The van der Waals surface area contributed by atoms with Gasteiger partial charge in [0.25, 0.3) is 5.56 Å². The molecule has 154 valence electrons. The van der Waals surface area contributed by atoms with Gasteiger partial charge in [-0.05, 0) is 36.1 Å². The summed E-state index contributed by atoms with van der Waals surface area (Å²) in [6, 6.07) is 10.5. The molecule has 0 aliphatic heterocycles. The molecule has 3 aromatic heterocycles. The highest BCUT2D eigenvalue weighted by Crippen LogP contribution is 2.17. The number of amides is 1. The molecule has 0 spiro atoms. The number of hydrogen-bond donors (Lipinski definition) is 2. The maximum atomic E-state index is 13.2. The highest BCUT2D eigenvalue weighted by Gasteiger charge is 2.17. The van der Waals surface area contributed by atoms with E-state index in [1.807, 2.05) is 13.0 Å². The first-order chi connectivity index (χ1) is 14.5. The molecule has 0 atom stereocenters. The Bertz CT molecular complexity index is 1350. The van der Waals surface area contributed by atoms with Crippen molar-refractivity contribution in [3.05, 3.63) is 73.9 Å². The zero-order chi connectivity index (χ0) is 21.3. The third kappa shape index (κ3) is 3.77. The fraction of sp³-hybridized carbons (Fsp3) is 0.200. The van der Waals surface area contributed by atoms with E-state index < -0.39 is 11.6 Å². The van der Waals surface area contributed by atoms with Crippen molar-refractivity contribution < 1.29 is 9.53 Å². The summed E-state index contributed by atoms with van der Waals surface area (Å²) in [5, 5.41) is 11.1. The van der Waals surface area contributed by atoms with Gasteiger partial charge in [-0.1, -0.05) is 12.1 Å². The SMILES string of the molecule is COc1cccc(Cn2c(=O)c3sccc3n(CC(=O)Nc3cc(C)[nH]n3)c2=O)c1. The number of aryl methyl sites for hydroxylation is 1. The van der Waals surface area contributed by atoms with Gasteiger partial charge in [0.2, 0.25) is 5.91 Å². The van der Waals surface area contributed by atoms with E-state index in [-0.39, 0.29) is 18.6 Å². The van der Waals surface area contributed by atoms with E-state index in [4.69, 9.17) is 4.74 Å². The highest BCUT2D eigenvalue weighted by atomic mass is 32.1. The molecule has 0 radical (unpaired) electrons. The molecule has 0 aliphatic carbocycles. The third-order valence-electron chi connectivity index (χ3n) is 4.59. The molecule has 0 aliphatic rings. The van der Waals surface area contributed by atoms with Gasteiger partial charge in [0.15, 0.2) is 5.82 Å². The summed E-state index contributed by atoms with van der Waals surface area (Å²) in [7, 11) is 1.55. The first-order valence-electron chi connectivity index (χ1n) is 9.12. The monoisotopic (exact) mass is 425 g/mol. The zero-order valence-corrected chi connectivity index (χ0v) is 17.2. The van der Waals surface area contributed by atoms with Crippen molar-refractivity contribution in [1.82, 2.24) is 19.3 Å². The number of aromatic amines is 1. The molecule has 3 heterocycles. The summed E-state index contributed by atoms with van der Waals surface area (Å²) < 4.78 is 8.08. The lowest BCUT2D eigenvalue weighted by atomic mass is 10.2. The van der Waals surface area contributed by atoms with Crippen molar-refractivity contribution in [3.63, 3.8) is 0 Å². The average molecular weight is 425 g/mol. The number of carbonyl (C=O) groups is 1. The molecule has 1 aromatic carbocycles. The van der Waals surface area contributed by atoms with Gasteiger partial charge in [-0.15, -0.1) is 11.3 Å². The van der Waals surface area contributed by atoms with Crippen LogP contribution in [0.15, 0.2) is 51.4 Å². The smallest absolute Gasteiger partial charge is 0.332 e. The minimum atomic E-state index is -0.554. The normalized spacial score (nSPS) is 11.0. The number of H-pyrrole nitrogens is 1. The topological polar surface area (TPSA) is 111 Å². The average Bonchev–Trinajstić information content (AvgIpc) is 3.38. The van der Waals surface area contributed by atoms with Crippen LogP contribution in [0, 0.1) is 6.92 Å². The molecule has 4 aromatic rings. The minimum absolute atomic E-state index is 0.0723. The largest absolute Gasteiger partial charge is 0.497 e. The molecule has 0 unspecified atom stereocenters. The van der Waals surface area contributed by atoms with Crippen LogP contribution in [0.1, 0.15) is 11.3 Å². The molecule has 1 amide bonds. The fourth-order valence-electron chi connectivity index (χ4n) is 3.19. The number of carbonyl (C=O) groups excluding carboxylic acids is 1. The zero-order valence-electron chi connectivity index (χ0n) is 16.3. The summed E-state index contributed by atoms with van der Waals surface area (Å²) in [6.07, 6.45) is 0. The Hall–Kier alpha value is -3.66. The molecule has 10 heteroatoms. The number of aromatic nitrogens is 4. The van der Waals surface area contributed by atoms with Crippen LogP contribution in [0.5, 0.6) is 5.75 Å².